The number of hydrogen-bond donors (Lipinski definition) is 1. The summed E-state index contributed by atoms with van der Waals surface area (Å²) in [6.07, 6.45) is 7.73. The highest BCUT2D eigenvalue weighted by Gasteiger charge is 2.30. The topological polar surface area (TPSA) is 37.8 Å². The van der Waals surface area contributed by atoms with Crippen LogP contribution in [0.15, 0.2) is 12.4 Å². The lowest BCUT2D eigenvalue weighted by atomic mass is 9.72. The van der Waals surface area contributed by atoms with Gasteiger partial charge < -0.3 is 5.32 Å². The van der Waals surface area contributed by atoms with Crippen molar-refractivity contribution in [1.29, 1.82) is 0 Å². The molecule has 1 saturated carbocycles. The Kier molecular flexibility index (Phi) is 4.33. The number of rotatable bonds is 3. The van der Waals surface area contributed by atoms with E-state index in [1.54, 1.807) is 0 Å². The lowest BCUT2D eigenvalue weighted by molar-refractivity contribution is 0.173. The second-order valence-corrected chi connectivity index (χ2v) is 5.88. The van der Waals surface area contributed by atoms with Crippen molar-refractivity contribution >= 4 is 0 Å². The van der Waals surface area contributed by atoms with Crippen LogP contribution in [-0.4, -0.2) is 17.0 Å². The van der Waals surface area contributed by atoms with Crippen LogP contribution < -0.4 is 5.32 Å². The summed E-state index contributed by atoms with van der Waals surface area (Å²) in [6.45, 7) is 6.74. The smallest absolute Gasteiger partial charge is 0.0759 e. The van der Waals surface area contributed by atoms with Gasteiger partial charge in [-0.3, -0.25) is 9.97 Å². The monoisotopic (exact) mass is 247 g/mol. The maximum atomic E-state index is 4.54. The second kappa shape index (κ2) is 5.79. The molecular weight excluding hydrogens is 222 g/mol. The highest BCUT2D eigenvalue weighted by molar-refractivity contribution is 5.07. The molecule has 3 nitrogen and oxygen atoms in total. The van der Waals surface area contributed by atoms with Crippen molar-refractivity contribution in [3.05, 3.63) is 23.8 Å². The minimum Gasteiger partial charge on any atom is -0.311 e. The van der Waals surface area contributed by atoms with Gasteiger partial charge in [0.2, 0.25) is 0 Å². The van der Waals surface area contributed by atoms with Crippen LogP contribution in [0.2, 0.25) is 0 Å². The fraction of sp³-hybridized carbons (Fsp3) is 0.733. The summed E-state index contributed by atoms with van der Waals surface area (Å²) in [5.74, 6) is 2.37. The molecule has 1 fully saturated rings. The molecule has 1 aliphatic rings. The molecule has 0 aromatic carbocycles. The Morgan fingerprint density at radius 3 is 2.50 bits per heavy atom. The Hall–Kier alpha value is -0.960. The average molecular weight is 247 g/mol. The average Bonchev–Trinajstić information content (AvgIpc) is 2.37. The summed E-state index contributed by atoms with van der Waals surface area (Å²) in [7, 11) is 2.04. The lowest BCUT2D eigenvalue weighted by Gasteiger charge is -2.36. The maximum absolute atomic E-state index is 4.54. The van der Waals surface area contributed by atoms with E-state index in [2.05, 4.69) is 29.1 Å². The van der Waals surface area contributed by atoms with Gasteiger partial charge in [0.1, 0.15) is 0 Å². The van der Waals surface area contributed by atoms with E-state index in [0.29, 0.717) is 12.0 Å². The van der Waals surface area contributed by atoms with Crippen LogP contribution in [0.4, 0.5) is 0 Å². The van der Waals surface area contributed by atoms with E-state index in [-0.39, 0.29) is 0 Å². The van der Waals surface area contributed by atoms with E-state index in [1.807, 2.05) is 26.4 Å². The normalized spacial score (nSPS) is 30.1. The zero-order chi connectivity index (χ0) is 13.1. The molecule has 1 heterocycles. The molecule has 4 unspecified atom stereocenters. The minimum absolute atomic E-state index is 0.355. The van der Waals surface area contributed by atoms with Crippen LogP contribution in [0.5, 0.6) is 0 Å². The van der Waals surface area contributed by atoms with E-state index >= 15 is 0 Å². The van der Waals surface area contributed by atoms with E-state index in [1.165, 1.54) is 19.3 Å². The van der Waals surface area contributed by atoms with Crippen LogP contribution >= 0.6 is 0 Å². The Labute approximate surface area is 110 Å². The predicted octanol–water partition coefficient (Wildman–Crippen LogP) is 3.12. The molecule has 0 radical (unpaired) electrons. The molecule has 4 atom stereocenters. The van der Waals surface area contributed by atoms with Gasteiger partial charge in [-0.25, -0.2) is 0 Å². The third kappa shape index (κ3) is 2.89. The van der Waals surface area contributed by atoms with Crippen LogP contribution in [0, 0.1) is 24.7 Å². The summed E-state index contributed by atoms with van der Waals surface area (Å²) in [6, 6.07) is 0.355. The molecule has 100 valence electrons. The fourth-order valence-corrected chi connectivity index (χ4v) is 3.08. The SMILES string of the molecule is CNC(c1cnc(C)cn1)C1CCC(C)C(C)C1. The molecule has 1 aromatic rings. The number of hydrogen-bond acceptors (Lipinski definition) is 3. The number of aromatic nitrogens is 2. The quantitative estimate of drug-likeness (QED) is 0.891. The lowest BCUT2D eigenvalue weighted by Crippen LogP contribution is -2.32. The molecule has 1 aromatic heterocycles. The summed E-state index contributed by atoms with van der Waals surface area (Å²) in [5, 5.41) is 3.44. The van der Waals surface area contributed by atoms with E-state index in [0.717, 1.165) is 23.2 Å². The first kappa shape index (κ1) is 13.5. The van der Waals surface area contributed by atoms with Gasteiger partial charge in [-0.15, -0.1) is 0 Å². The third-order valence-corrected chi connectivity index (χ3v) is 4.54. The Morgan fingerprint density at radius 1 is 1.17 bits per heavy atom. The predicted molar refractivity (Wildman–Crippen MR) is 74.2 cm³/mol. The Balaban J connectivity index is 2.11. The van der Waals surface area contributed by atoms with E-state index in [4.69, 9.17) is 0 Å². The van der Waals surface area contributed by atoms with Gasteiger partial charge in [-0.2, -0.15) is 0 Å². The second-order valence-electron chi connectivity index (χ2n) is 5.88. The standard InChI is InChI=1S/C15H25N3/c1-10-5-6-13(7-11(10)2)15(16-4)14-9-17-12(3)8-18-14/h8-11,13,15-16H,5-7H2,1-4H3. The highest BCUT2D eigenvalue weighted by Crippen LogP contribution is 2.39. The number of nitrogens with one attached hydrogen (secondary N) is 1. The zero-order valence-electron chi connectivity index (χ0n) is 12.0. The summed E-state index contributed by atoms with van der Waals surface area (Å²) in [5.41, 5.74) is 2.08. The van der Waals surface area contributed by atoms with E-state index < -0.39 is 0 Å². The molecule has 3 heteroatoms. The van der Waals surface area contributed by atoms with Crippen molar-refractivity contribution in [2.45, 2.75) is 46.1 Å². The zero-order valence-corrected chi connectivity index (χ0v) is 12.0. The van der Waals surface area contributed by atoms with Crippen LogP contribution in [0.25, 0.3) is 0 Å². The molecule has 0 saturated heterocycles. The van der Waals surface area contributed by atoms with Crippen molar-refractivity contribution in [3.8, 4) is 0 Å². The highest BCUT2D eigenvalue weighted by atomic mass is 14.9. The Bertz CT molecular complexity index is 374. The molecule has 18 heavy (non-hydrogen) atoms. The van der Waals surface area contributed by atoms with Crippen molar-refractivity contribution in [3.63, 3.8) is 0 Å². The molecule has 2 rings (SSSR count). The molecular formula is C15H25N3. The van der Waals surface area contributed by atoms with Gasteiger partial charge in [0.15, 0.2) is 0 Å². The maximum Gasteiger partial charge on any atom is 0.0759 e. The summed E-state index contributed by atoms with van der Waals surface area (Å²) < 4.78 is 0. The van der Waals surface area contributed by atoms with Crippen molar-refractivity contribution < 1.29 is 0 Å². The Morgan fingerprint density at radius 2 is 1.94 bits per heavy atom. The van der Waals surface area contributed by atoms with Crippen molar-refractivity contribution in [2.75, 3.05) is 7.05 Å². The first-order valence-electron chi connectivity index (χ1n) is 7.07. The van der Waals surface area contributed by atoms with Crippen LogP contribution in [-0.2, 0) is 0 Å². The van der Waals surface area contributed by atoms with Crippen molar-refractivity contribution in [1.82, 2.24) is 15.3 Å². The number of nitrogens with zero attached hydrogens (tertiary/aromatic N) is 2. The van der Waals surface area contributed by atoms with Gasteiger partial charge in [-0.1, -0.05) is 20.3 Å². The molecule has 0 bridgehead atoms. The largest absolute Gasteiger partial charge is 0.311 e. The third-order valence-electron chi connectivity index (χ3n) is 4.54. The van der Waals surface area contributed by atoms with Crippen LogP contribution in [0.1, 0.15) is 50.5 Å². The fourth-order valence-electron chi connectivity index (χ4n) is 3.08. The molecule has 1 aliphatic carbocycles. The van der Waals surface area contributed by atoms with Crippen LogP contribution in [0.3, 0.4) is 0 Å². The summed E-state index contributed by atoms with van der Waals surface area (Å²) >= 11 is 0. The molecule has 0 aliphatic heterocycles. The minimum atomic E-state index is 0.355. The van der Waals surface area contributed by atoms with Crippen molar-refractivity contribution in [2.24, 2.45) is 17.8 Å². The van der Waals surface area contributed by atoms with Gasteiger partial charge >= 0.3 is 0 Å². The first-order chi connectivity index (χ1) is 8.61. The summed E-state index contributed by atoms with van der Waals surface area (Å²) in [4.78, 5) is 8.92. The van der Waals surface area contributed by atoms with Gasteiger partial charge in [-0.05, 0) is 44.6 Å². The van der Waals surface area contributed by atoms with E-state index in [9.17, 15) is 0 Å². The molecule has 1 N–H and O–H groups in total. The van der Waals surface area contributed by atoms with Gasteiger partial charge in [0, 0.05) is 6.20 Å². The first-order valence-corrected chi connectivity index (χ1v) is 7.07. The molecule has 0 amide bonds. The van der Waals surface area contributed by atoms with Gasteiger partial charge in [0.25, 0.3) is 0 Å². The molecule has 0 spiro atoms. The number of aryl methyl sites for hydroxylation is 1. The van der Waals surface area contributed by atoms with Gasteiger partial charge in [0.05, 0.1) is 23.6 Å².